The van der Waals surface area contributed by atoms with Crippen LogP contribution in [-0.4, -0.2) is 124 Å². The van der Waals surface area contributed by atoms with Crippen molar-refractivity contribution in [1.29, 1.82) is 0 Å². The third-order valence-electron chi connectivity index (χ3n) is 11.9. The molecule has 2 aliphatic heterocycles. The Hall–Kier alpha value is -4.06. The van der Waals surface area contributed by atoms with E-state index in [0.717, 1.165) is 67.7 Å². The Balaban J connectivity index is 1.44. The molecule has 6 bridgehead atoms. The van der Waals surface area contributed by atoms with E-state index >= 15 is 0 Å². The number of aromatic amines is 2. The highest BCUT2D eigenvalue weighted by molar-refractivity contribution is 5.92. The van der Waals surface area contributed by atoms with Crippen molar-refractivity contribution in [3.63, 3.8) is 0 Å². The fourth-order valence-corrected chi connectivity index (χ4v) is 9.87. The second-order valence-electron chi connectivity index (χ2n) is 15.4. The second kappa shape index (κ2) is 11.8. The zero-order valence-corrected chi connectivity index (χ0v) is 29.5. The number of aromatic nitrogens is 2. The number of nitrogens with zero attached hydrogens (tertiary/aromatic N) is 3. The molecule has 2 aromatic carbocycles. The van der Waals surface area contributed by atoms with Crippen LogP contribution in [0.2, 0.25) is 0 Å². The molecule has 4 aromatic rings. The van der Waals surface area contributed by atoms with Crippen LogP contribution in [0.25, 0.3) is 21.8 Å². The molecule has 2 fully saturated rings. The lowest BCUT2D eigenvalue weighted by molar-refractivity contribution is 0.104. The fraction of sp³-hybridized carbons (Fsp3) is 0.526. The van der Waals surface area contributed by atoms with Gasteiger partial charge in [-0.05, 0) is 127 Å². The average Bonchev–Trinajstić information content (AvgIpc) is 3.78. The molecule has 0 spiro atoms. The fourth-order valence-electron chi connectivity index (χ4n) is 9.87. The highest BCUT2D eigenvalue weighted by Gasteiger charge is 2.65. The van der Waals surface area contributed by atoms with E-state index in [1.54, 1.807) is 0 Å². The lowest BCUT2D eigenvalue weighted by Gasteiger charge is -2.56. The molecular weight excluding hydrogens is 618 g/mol. The van der Waals surface area contributed by atoms with Gasteiger partial charge in [0, 0.05) is 46.3 Å². The van der Waals surface area contributed by atoms with Crippen molar-refractivity contribution in [2.75, 3.05) is 75.1 Å². The minimum atomic E-state index is -0.718. The van der Waals surface area contributed by atoms with Crippen molar-refractivity contribution in [2.24, 2.45) is 5.92 Å². The highest BCUT2D eigenvalue weighted by atomic mass is 16.6. The molecule has 0 radical (unpaired) electrons. The van der Waals surface area contributed by atoms with Gasteiger partial charge in [-0.25, -0.2) is 9.59 Å². The Morgan fingerprint density at radius 2 is 1.14 bits per heavy atom. The van der Waals surface area contributed by atoms with Crippen molar-refractivity contribution >= 4 is 34.0 Å². The first-order chi connectivity index (χ1) is 23.5. The second-order valence-corrected chi connectivity index (χ2v) is 15.4. The molecule has 8 rings (SSSR count). The molecule has 2 saturated heterocycles. The van der Waals surface area contributed by atoms with Gasteiger partial charge in [-0.3, -0.25) is 0 Å². The number of rotatable bonds is 14. The summed E-state index contributed by atoms with van der Waals surface area (Å²) < 4.78 is 11.6. The van der Waals surface area contributed by atoms with Gasteiger partial charge in [0.05, 0.1) is 22.9 Å². The van der Waals surface area contributed by atoms with Gasteiger partial charge in [-0.2, -0.15) is 0 Å². The zero-order chi connectivity index (χ0) is 34.2. The monoisotopic (exact) mass is 667 g/mol. The van der Waals surface area contributed by atoms with Gasteiger partial charge < -0.3 is 44.8 Å². The molecule has 2 aromatic heterocycles. The molecule has 11 nitrogen and oxygen atoms in total. The van der Waals surface area contributed by atoms with Crippen molar-refractivity contribution < 1.29 is 19.1 Å². The van der Waals surface area contributed by atoms with Gasteiger partial charge in [-0.1, -0.05) is 12.1 Å². The van der Waals surface area contributed by atoms with Crippen molar-refractivity contribution in [3.05, 3.63) is 70.0 Å². The summed E-state index contributed by atoms with van der Waals surface area (Å²) in [6.07, 6.45) is 2.68. The molecule has 4 aliphatic rings. The van der Waals surface area contributed by atoms with Crippen LogP contribution < -0.4 is 10.6 Å². The summed E-state index contributed by atoms with van der Waals surface area (Å²) in [4.78, 5) is 40.8. The lowest BCUT2D eigenvalue weighted by Crippen LogP contribution is -2.65. The minimum Gasteiger partial charge on any atom is -0.447 e. The van der Waals surface area contributed by atoms with E-state index in [2.05, 4.69) is 114 Å². The van der Waals surface area contributed by atoms with E-state index in [0.29, 0.717) is 0 Å². The number of fused-ring (bicyclic) bond motifs is 4. The Morgan fingerprint density at radius 1 is 0.694 bits per heavy atom. The molecule has 11 heteroatoms. The predicted molar refractivity (Wildman–Crippen MR) is 190 cm³/mol. The number of nitrogens with one attached hydrogen (secondary N) is 4. The molecule has 260 valence electrons. The van der Waals surface area contributed by atoms with E-state index in [4.69, 9.17) is 9.47 Å². The predicted octanol–water partition coefficient (Wildman–Crippen LogP) is 3.93. The maximum absolute atomic E-state index is 13.1. The van der Waals surface area contributed by atoms with Gasteiger partial charge >= 0.3 is 12.2 Å². The third-order valence-corrected chi connectivity index (χ3v) is 11.9. The standard InChI is InChI=1S/C38H49N7O4/c1-43(2)15-7-8-30(37(31-20-48-35(46)41-31)22-9-11-28-26(18-22)24(33(37)39-28)13-16-44(3)4)38(32-21-49-36(47)42-32)23-10-12-29-27(19-23)25(34(38)40-29)14-17-45(5)6/h9-12,18-19,30-32,39-40H,7-8,13-17,20-21H2,1-6H3,(H,41,46)(H,42,47)/t30?,31-,32-,37?,38?/m1/s1. The van der Waals surface area contributed by atoms with E-state index in [-0.39, 0.29) is 31.2 Å². The van der Waals surface area contributed by atoms with E-state index in [1.165, 1.54) is 33.0 Å². The summed E-state index contributed by atoms with van der Waals surface area (Å²) in [6, 6.07) is 13.0. The van der Waals surface area contributed by atoms with Gasteiger partial charge in [0.25, 0.3) is 0 Å². The third kappa shape index (κ3) is 4.72. The number of cyclic esters (lactones) is 2. The molecule has 2 aliphatic carbocycles. The molecule has 2 unspecified atom stereocenters. The summed E-state index contributed by atoms with van der Waals surface area (Å²) in [5.74, 6) is -0.141. The van der Waals surface area contributed by atoms with Crippen LogP contribution >= 0.6 is 0 Å². The van der Waals surface area contributed by atoms with Crippen molar-refractivity contribution in [1.82, 2.24) is 35.3 Å². The number of ether oxygens (including phenoxy) is 2. The van der Waals surface area contributed by atoms with Crippen LogP contribution in [-0.2, 0) is 33.1 Å². The molecule has 49 heavy (non-hydrogen) atoms. The van der Waals surface area contributed by atoms with Crippen LogP contribution in [0.5, 0.6) is 0 Å². The Kier molecular flexibility index (Phi) is 7.73. The molecule has 4 heterocycles. The largest absolute Gasteiger partial charge is 0.447 e. The van der Waals surface area contributed by atoms with Gasteiger partial charge in [0.1, 0.15) is 13.2 Å². The first-order valence-electron chi connectivity index (χ1n) is 17.7. The first kappa shape index (κ1) is 32.2. The smallest absolute Gasteiger partial charge is 0.407 e. The van der Waals surface area contributed by atoms with Crippen LogP contribution in [0.4, 0.5) is 9.59 Å². The summed E-state index contributed by atoms with van der Waals surface area (Å²) >= 11 is 0. The summed E-state index contributed by atoms with van der Waals surface area (Å²) in [6.45, 7) is 3.18. The molecule has 0 saturated carbocycles. The quantitative estimate of drug-likeness (QED) is 0.161. The topological polar surface area (TPSA) is 118 Å². The number of benzene rings is 2. The van der Waals surface area contributed by atoms with Gasteiger partial charge in [0.2, 0.25) is 0 Å². The molecule has 4 atom stereocenters. The van der Waals surface area contributed by atoms with E-state index in [9.17, 15) is 9.59 Å². The highest BCUT2D eigenvalue weighted by Crippen LogP contribution is 2.62. The number of hydrogen-bond acceptors (Lipinski definition) is 7. The molecular formula is C38H49N7O4. The molecule has 2 amide bonds. The van der Waals surface area contributed by atoms with Gasteiger partial charge in [0.15, 0.2) is 0 Å². The minimum absolute atomic E-state index is 0.141. The maximum Gasteiger partial charge on any atom is 0.407 e. The summed E-state index contributed by atoms with van der Waals surface area (Å²) in [7, 11) is 12.7. The number of carbonyl (C=O) groups is 2. The summed E-state index contributed by atoms with van der Waals surface area (Å²) in [5, 5.41) is 9.15. The molecule has 4 N–H and O–H groups in total. The van der Waals surface area contributed by atoms with Crippen LogP contribution in [0.3, 0.4) is 0 Å². The Labute approximate surface area is 287 Å². The van der Waals surface area contributed by atoms with E-state index in [1.807, 2.05) is 0 Å². The number of carbonyl (C=O) groups excluding carboxylic acids is 2. The Morgan fingerprint density at radius 3 is 1.53 bits per heavy atom. The van der Waals surface area contributed by atoms with Crippen LogP contribution in [0, 0.1) is 5.92 Å². The lowest BCUT2D eigenvalue weighted by atomic mass is 9.47. The average molecular weight is 668 g/mol. The maximum atomic E-state index is 13.1. The van der Waals surface area contributed by atoms with Crippen molar-refractivity contribution in [2.45, 2.75) is 48.6 Å². The first-order valence-corrected chi connectivity index (χ1v) is 17.7. The Bertz CT molecular complexity index is 1810. The normalized spacial score (nSPS) is 25.9. The number of H-pyrrole nitrogens is 2. The zero-order valence-electron chi connectivity index (χ0n) is 29.5. The number of likely N-dealkylation sites (N-methyl/N-ethyl adjacent to an activating group) is 2. The van der Waals surface area contributed by atoms with Gasteiger partial charge in [-0.15, -0.1) is 0 Å². The number of amides is 2. The van der Waals surface area contributed by atoms with Crippen LogP contribution in [0.15, 0.2) is 36.4 Å². The van der Waals surface area contributed by atoms with Crippen molar-refractivity contribution in [3.8, 4) is 0 Å². The summed E-state index contributed by atoms with van der Waals surface area (Å²) in [5.41, 5.74) is 8.04. The number of hydrogen-bond donors (Lipinski definition) is 4. The SMILES string of the molecule is CN(C)CCCC(C1([C@H]2COC(=O)N2)c2ccc3[nH]c1c(CCN(C)C)c3c2)C1([C@H]2COC(=O)N2)c2ccc3[nH]c1c(CCN(C)C)c3c2. The van der Waals surface area contributed by atoms with E-state index < -0.39 is 23.0 Å². The number of alkyl carbamates (subject to hydrolysis) is 2. The van der Waals surface area contributed by atoms with Crippen LogP contribution in [0.1, 0.15) is 46.5 Å².